The van der Waals surface area contributed by atoms with E-state index < -0.39 is 16.6 Å². The van der Waals surface area contributed by atoms with Gasteiger partial charge in [0.05, 0.1) is 12.3 Å². The minimum atomic E-state index is -1.66. The number of nitrogens with zero attached hydrogens (tertiary/aromatic N) is 1. The summed E-state index contributed by atoms with van der Waals surface area (Å²) in [4.78, 5) is 6.04. The maximum atomic E-state index is 6.65. The number of fused-ring (bicyclic) bond motifs is 5. The van der Waals surface area contributed by atoms with E-state index in [0.717, 1.165) is 23.7 Å². The van der Waals surface area contributed by atoms with Crippen LogP contribution in [0.25, 0.3) is 0 Å². The fraction of sp³-hybridized carbons (Fsp3) is 0.794. The highest BCUT2D eigenvalue weighted by Crippen LogP contribution is 2.67. The van der Waals surface area contributed by atoms with Crippen molar-refractivity contribution in [2.24, 2.45) is 45.6 Å². The Labute approximate surface area is 247 Å². The van der Waals surface area contributed by atoms with E-state index in [1.54, 1.807) is 0 Å². The number of rotatable bonds is 9. The lowest BCUT2D eigenvalue weighted by Crippen LogP contribution is -2.55. The van der Waals surface area contributed by atoms with E-state index in [0.29, 0.717) is 36.1 Å². The Hall–Kier alpha value is -0.956. The Kier molecular flexibility index (Phi) is 8.86. The van der Waals surface area contributed by atoms with Gasteiger partial charge in [-0.2, -0.15) is 0 Å². The molecule has 0 amide bonds. The monoisotopic (exact) mass is 583 g/mol. The van der Waals surface area contributed by atoms with Crippen LogP contribution in [0.15, 0.2) is 35.5 Å². The molecule has 4 aliphatic carbocycles. The molecule has 4 aliphatic rings. The maximum Gasteiger partial charge on any atom is 0.184 e. The zero-order valence-electron chi connectivity index (χ0n) is 26.8. The molecule has 0 radical (unpaired) electrons. The van der Waals surface area contributed by atoms with Crippen LogP contribution in [-0.4, -0.2) is 35.1 Å². The van der Waals surface area contributed by atoms with Gasteiger partial charge in [0.2, 0.25) is 0 Å². The van der Waals surface area contributed by atoms with Crippen molar-refractivity contribution in [3.63, 3.8) is 0 Å². The molecule has 8 unspecified atom stereocenters. The molecule has 1 aromatic carbocycles. The second-order valence-corrected chi connectivity index (χ2v) is 25.2. The molecule has 0 bridgehead atoms. The molecule has 0 aromatic heterocycles. The first-order valence-corrected chi connectivity index (χ1v) is 23.1. The van der Waals surface area contributed by atoms with E-state index in [4.69, 9.17) is 18.8 Å². The van der Waals surface area contributed by atoms with E-state index in [-0.39, 0.29) is 0 Å². The summed E-state index contributed by atoms with van der Waals surface area (Å²) < 4.78 is 13.1. The third kappa shape index (κ3) is 6.50. The zero-order chi connectivity index (χ0) is 28.8. The topological polar surface area (TPSA) is 40.0 Å². The van der Waals surface area contributed by atoms with Crippen molar-refractivity contribution in [1.29, 1.82) is 0 Å². The molecule has 4 saturated carbocycles. The molecule has 4 fully saturated rings. The third-order valence-corrected chi connectivity index (χ3v) is 13.5. The lowest BCUT2D eigenvalue weighted by molar-refractivity contribution is -0.121. The first kappa shape index (κ1) is 30.5. The summed E-state index contributed by atoms with van der Waals surface area (Å²) in [6.45, 7) is 20.4. The van der Waals surface area contributed by atoms with Crippen molar-refractivity contribution in [2.45, 2.75) is 124 Å². The number of oxime groups is 1. The Balaban J connectivity index is 1.31. The minimum Gasteiger partial charge on any atom is -0.415 e. The van der Waals surface area contributed by atoms with Gasteiger partial charge < -0.3 is 13.7 Å². The summed E-state index contributed by atoms with van der Waals surface area (Å²) in [5, 5.41) is 4.86. The largest absolute Gasteiger partial charge is 0.415 e. The van der Waals surface area contributed by atoms with Gasteiger partial charge in [-0.15, -0.1) is 0 Å². The Morgan fingerprint density at radius 2 is 1.52 bits per heavy atom. The van der Waals surface area contributed by atoms with Gasteiger partial charge in [-0.3, -0.25) is 0 Å². The Bertz CT molecular complexity index is 1030. The lowest BCUT2D eigenvalue weighted by Gasteiger charge is -2.61. The fourth-order valence-corrected chi connectivity index (χ4v) is 11.4. The van der Waals surface area contributed by atoms with Gasteiger partial charge in [-0.1, -0.05) is 49.3 Å². The average Bonchev–Trinajstić information content (AvgIpc) is 3.22. The number of benzene rings is 1. The smallest absolute Gasteiger partial charge is 0.184 e. The van der Waals surface area contributed by atoms with Gasteiger partial charge in [0.25, 0.3) is 0 Å². The second kappa shape index (κ2) is 11.6. The van der Waals surface area contributed by atoms with Crippen molar-refractivity contribution in [1.82, 2.24) is 0 Å². The summed E-state index contributed by atoms with van der Waals surface area (Å²) in [6, 6.07) is 10.4. The summed E-state index contributed by atoms with van der Waals surface area (Å²) in [5.74, 6) is 3.86. The third-order valence-electron chi connectivity index (χ3n) is 11.4. The first-order chi connectivity index (χ1) is 18.8. The van der Waals surface area contributed by atoms with Gasteiger partial charge in [-0.05, 0) is 137 Å². The molecular weight excluding hydrogens is 527 g/mol. The van der Waals surface area contributed by atoms with Gasteiger partial charge >= 0.3 is 0 Å². The first-order valence-electron chi connectivity index (χ1n) is 16.3. The van der Waals surface area contributed by atoms with Crippen LogP contribution >= 0.6 is 0 Å². The van der Waals surface area contributed by atoms with Crippen LogP contribution in [0.5, 0.6) is 0 Å². The van der Waals surface area contributed by atoms with Crippen LogP contribution in [0.2, 0.25) is 39.3 Å². The minimum absolute atomic E-state index is 0.306. The molecule has 0 saturated heterocycles. The van der Waals surface area contributed by atoms with Crippen molar-refractivity contribution < 1.29 is 13.7 Å². The van der Waals surface area contributed by atoms with E-state index in [1.807, 2.05) is 0 Å². The summed E-state index contributed by atoms with van der Waals surface area (Å²) in [5.41, 5.74) is 3.15. The van der Waals surface area contributed by atoms with Crippen LogP contribution in [0.3, 0.4) is 0 Å². The molecule has 1 aromatic rings. The molecule has 0 aliphatic heterocycles. The van der Waals surface area contributed by atoms with Crippen LogP contribution in [0.4, 0.5) is 0 Å². The lowest BCUT2D eigenvalue weighted by atomic mass is 9.44. The Morgan fingerprint density at radius 1 is 0.825 bits per heavy atom. The van der Waals surface area contributed by atoms with Crippen molar-refractivity contribution in [2.75, 3.05) is 6.61 Å². The molecule has 0 N–H and O–H groups in total. The number of hydrogen-bond donors (Lipinski definition) is 0. The van der Waals surface area contributed by atoms with Crippen molar-refractivity contribution in [3.8, 4) is 0 Å². The summed E-state index contributed by atoms with van der Waals surface area (Å²) >= 11 is 0. The van der Waals surface area contributed by atoms with Crippen LogP contribution < -0.4 is 0 Å². The van der Waals surface area contributed by atoms with E-state index in [1.165, 1.54) is 69.1 Å². The normalized spacial score (nSPS) is 38.4. The summed E-state index contributed by atoms with van der Waals surface area (Å²) in [7, 11) is -3.15. The quantitative estimate of drug-likeness (QED) is 0.165. The number of hydrogen-bond acceptors (Lipinski definition) is 4. The second-order valence-electron chi connectivity index (χ2n) is 16.2. The van der Waals surface area contributed by atoms with Gasteiger partial charge in [-0.25, -0.2) is 0 Å². The van der Waals surface area contributed by atoms with E-state index in [2.05, 4.69) is 83.5 Å². The maximum absolute atomic E-state index is 6.65. The van der Waals surface area contributed by atoms with Crippen molar-refractivity contribution in [3.05, 3.63) is 35.9 Å². The Morgan fingerprint density at radius 3 is 2.23 bits per heavy atom. The predicted molar refractivity (Wildman–Crippen MR) is 171 cm³/mol. The van der Waals surface area contributed by atoms with Gasteiger partial charge in [0.1, 0.15) is 6.61 Å². The van der Waals surface area contributed by atoms with Crippen molar-refractivity contribution >= 4 is 22.3 Å². The van der Waals surface area contributed by atoms with Gasteiger partial charge in [0.15, 0.2) is 16.6 Å². The van der Waals surface area contributed by atoms with Crippen LogP contribution in [0.1, 0.15) is 77.2 Å². The molecule has 224 valence electrons. The standard InChI is InChI=1S/C34H57NO3Si2/c1-33-20-18-27(38-40(6,7)8)22-26(33)14-15-28-29-16-17-31(34(29,2)21-19-30(28)33)32(24-37-39(3,4)5)35-36-23-25-12-10-9-11-13-25/h9-13,26-31H,14-24H2,1-8H3. The molecule has 6 heteroatoms. The average molecular weight is 584 g/mol. The molecule has 0 heterocycles. The zero-order valence-corrected chi connectivity index (χ0v) is 28.8. The molecule has 40 heavy (non-hydrogen) atoms. The van der Waals surface area contributed by atoms with Gasteiger partial charge in [0, 0.05) is 12.0 Å². The fourth-order valence-electron chi connectivity index (χ4n) is 9.62. The summed E-state index contributed by atoms with van der Waals surface area (Å²) in [6.07, 6.45) is 12.6. The highest BCUT2D eigenvalue weighted by molar-refractivity contribution is 6.70. The van der Waals surface area contributed by atoms with E-state index in [9.17, 15) is 0 Å². The molecular formula is C34H57NO3Si2. The van der Waals surface area contributed by atoms with Crippen LogP contribution in [-0.2, 0) is 20.3 Å². The SMILES string of the molecule is CC12CCC(O[Si](C)(C)C)CC1CCC1C2CCC2(C)C(C(CO[Si](C)(C)C)=NOCc3ccccc3)CCC12. The molecule has 0 spiro atoms. The van der Waals surface area contributed by atoms with Crippen LogP contribution in [0, 0.1) is 40.4 Å². The molecule has 5 rings (SSSR count). The highest BCUT2D eigenvalue weighted by atomic mass is 28.4. The predicted octanol–water partition coefficient (Wildman–Crippen LogP) is 9.29. The molecule has 4 nitrogen and oxygen atoms in total. The molecule has 8 atom stereocenters. The van der Waals surface area contributed by atoms with E-state index >= 15 is 0 Å². The highest BCUT2D eigenvalue weighted by Gasteiger charge is 2.61.